The van der Waals surface area contributed by atoms with E-state index in [0.29, 0.717) is 23.2 Å². The van der Waals surface area contributed by atoms with Crippen LogP contribution in [0.15, 0.2) is 53.7 Å². The van der Waals surface area contributed by atoms with E-state index in [0.717, 1.165) is 23.9 Å². The van der Waals surface area contributed by atoms with E-state index in [-0.39, 0.29) is 11.3 Å². The molecule has 0 aliphatic rings. The second kappa shape index (κ2) is 9.64. The van der Waals surface area contributed by atoms with Gasteiger partial charge in [0.1, 0.15) is 17.3 Å². The van der Waals surface area contributed by atoms with Crippen molar-refractivity contribution in [2.45, 2.75) is 12.1 Å². The summed E-state index contributed by atoms with van der Waals surface area (Å²) in [6.45, 7) is 2.36. The highest BCUT2D eigenvalue weighted by molar-refractivity contribution is 7.99. The summed E-state index contributed by atoms with van der Waals surface area (Å²) in [6.07, 6.45) is 0. The molecule has 0 unspecified atom stereocenters. The van der Waals surface area contributed by atoms with E-state index in [9.17, 15) is 14.0 Å². The first-order chi connectivity index (χ1) is 14.1. The van der Waals surface area contributed by atoms with Gasteiger partial charge in [0, 0.05) is 5.56 Å². The van der Waals surface area contributed by atoms with E-state index in [1.807, 2.05) is 19.1 Å². The molecule has 0 atom stereocenters. The number of benzene rings is 2. The number of para-hydroxylation sites is 2. The maximum absolute atomic E-state index is 12.9. The van der Waals surface area contributed by atoms with Crippen molar-refractivity contribution in [3.63, 3.8) is 0 Å². The van der Waals surface area contributed by atoms with Crippen LogP contribution < -0.4 is 15.6 Å². The lowest BCUT2D eigenvalue weighted by Crippen LogP contribution is -2.42. The fourth-order valence-corrected chi connectivity index (χ4v) is 2.98. The monoisotopic (exact) mass is 416 g/mol. The van der Waals surface area contributed by atoms with E-state index in [1.165, 1.54) is 16.8 Å². The van der Waals surface area contributed by atoms with Gasteiger partial charge in [-0.2, -0.15) is 4.68 Å². The third-order valence-corrected chi connectivity index (χ3v) is 4.51. The van der Waals surface area contributed by atoms with Crippen molar-refractivity contribution in [1.82, 2.24) is 31.1 Å². The van der Waals surface area contributed by atoms with Gasteiger partial charge in [0.25, 0.3) is 5.91 Å². The fourth-order valence-electron chi connectivity index (χ4n) is 2.30. The fraction of sp³-hybridized carbons (Fsp3) is 0.167. The number of amides is 2. The zero-order valence-electron chi connectivity index (χ0n) is 15.3. The molecule has 3 rings (SSSR count). The number of thioether (sulfide) groups is 1. The number of hydrogen-bond acceptors (Lipinski definition) is 7. The molecule has 150 valence electrons. The van der Waals surface area contributed by atoms with Crippen molar-refractivity contribution in [1.29, 1.82) is 0 Å². The predicted molar refractivity (Wildman–Crippen MR) is 103 cm³/mol. The van der Waals surface area contributed by atoms with Crippen LogP contribution in [-0.2, 0) is 4.79 Å². The van der Waals surface area contributed by atoms with Crippen molar-refractivity contribution in [3.8, 4) is 11.4 Å². The normalized spacial score (nSPS) is 10.4. The first kappa shape index (κ1) is 20.3. The van der Waals surface area contributed by atoms with Crippen molar-refractivity contribution < 1.29 is 18.7 Å². The zero-order valence-corrected chi connectivity index (χ0v) is 16.1. The number of carbonyl (C=O) groups is 2. The SMILES string of the molecule is CCOc1ccccc1-n1nnnc1SCC(=O)NNC(=O)c1ccc(F)cc1. The van der Waals surface area contributed by atoms with Gasteiger partial charge in [0.15, 0.2) is 0 Å². The molecule has 0 radical (unpaired) electrons. The predicted octanol–water partition coefficient (Wildman–Crippen LogP) is 1.75. The van der Waals surface area contributed by atoms with Gasteiger partial charge in [-0.3, -0.25) is 20.4 Å². The maximum atomic E-state index is 12.9. The standard InChI is InChI=1S/C18H17FN6O3S/c1-2-28-15-6-4-3-5-14(15)25-18(22-23-24-25)29-11-16(26)20-21-17(27)12-7-9-13(19)10-8-12/h3-10H,2,11H2,1H3,(H,20,26)(H,21,27). The summed E-state index contributed by atoms with van der Waals surface area (Å²) in [5, 5.41) is 11.9. The van der Waals surface area contributed by atoms with Gasteiger partial charge in [0.2, 0.25) is 11.1 Å². The van der Waals surface area contributed by atoms with Gasteiger partial charge in [-0.05, 0) is 53.7 Å². The van der Waals surface area contributed by atoms with Gasteiger partial charge in [-0.15, -0.1) is 5.10 Å². The molecule has 0 spiro atoms. The number of aromatic nitrogens is 4. The summed E-state index contributed by atoms with van der Waals surface area (Å²) in [5.74, 6) is -0.899. The minimum atomic E-state index is -0.557. The highest BCUT2D eigenvalue weighted by Crippen LogP contribution is 2.25. The van der Waals surface area contributed by atoms with Gasteiger partial charge in [-0.1, -0.05) is 23.9 Å². The van der Waals surface area contributed by atoms with Gasteiger partial charge >= 0.3 is 0 Å². The molecule has 0 bridgehead atoms. The first-order valence-corrected chi connectivity index (χ1v) is 9.55. The molecule has 0 saturated heterocycles. The number of carbonyl (C=O) groups excluding carboxylic acids is 2. The van der Waals surface area contributed by atoms with Crippen LogP contribution >= 0.6 is 11.8 Å². The number of nitrogens with one attached hydrogen (secondary N) is 2. The molecular formula is C18H17FN6O3S. The second-order valence-electron chi connectivity index (χ2n) is 5.57. The molecule has 2 amide bonds. The Labute approximate surface area is 169 Å². The quantitative estimate of drug-likeness (QED) is 0.446. The number of rotatable bonds is 7. The second-order valence-corrected chi connectivity index (χ2v) is 6.51. The Morgan fingerprint density at radius 1 is 1.14 bits per heavy atom. The molecule has 2 aromatic carbocycles. The van der Waals surface area contributed by atoms with Gasteiger partial charge < -0.3 is 4.74 Å². The summed E-state index contributed by atoms with van der Waals surface area (Å²) in [5.41, 5.74) is 5.42. The number of ether oxygens (including phenoxy) is 1. The Kier molecular flexibility index (Phi) is 6.74. The summed E-state index contributed by atoms with van der Waals surface area (Å²) in [6, 6.07) is 12.2. The van der Waals surface area contributed by atoms with Crippen molar-refractivity contribution in [2.75, 3.05) is 12.4 Å². The Hall–Kier alpha value is -3.47. The van der Waals surface area contributed by atoms with E-state index in [2.05, 4.69) is 26.4 Å². The van der Waals surface area contributed by atoms with Crippen LogP contribution in [-0.4, -0.2) is 44.4 Å². The van der Waals surface area contributed by atoms with Crippen LogP contribution in [0.2, 0.25) is 0 Å². The van der Waals surface area contributed by atoms with E-state index >= 15 is 0 Å². The molecule has 0 fully saturated rings. The smallest absolute Gasteiger partial charge is 0.269 e. The average molecular weight is 416 g/mol. The van der Waals surface area contributed by atoms with Crippen LogP contribution in [0.3, 0.4) is 0 Å². The third-order valence-electron chi connectivity index (χ3n) is 3.59. The van der Waals surface area contributed by atoms with Crippen molar-refractivity contribution >= 4 is 23.6 Å². The molecule has 9 nitrogen and oxygen atoms in total. The molecule has 0 aliphatic heterocycles. The number of nitrogens with zero attached hydrogens (tertiary/aromatic N) is 4. The van der Waals surface area contributed by atoms with Crippen LogP contribution in [0.5, 0.6) is 5.75 Å². The number of hydrogen-bond donors (Lipinski definition) is 2. The number of tetrazole rings is 1. The Bertz CT molecular complexity index is 995. The Morgan fingerprint density at radius 2 is 1.90 bits per heavy atom. The number of hydrazine groups is 1. The molecule has 0 saturated carbocycles. The molecular weight excluding hydrogens is 399 g/mol. The van der Waals surface area contributed by atoms with E-state index < -0.39 is 17.6 Å². The molecule has 2 N–H and O–H groups in total. The zero-order chi connectivity index (χ0) is 20.6. The van der Waals surface area contributed by atoms with Crippen LogP contribution in [0, 0.1) is 5.82 Å². The summed E-state index contributed by atoms with van der Waals surface area (Å²) in [7, 11) is 0. The molecule has 1 aromatic heterocycles. The van der Waals surface area contributed by atoms with Crippen LogP contribution in [0.1, 0.15) is 17.3 Å². The largest absolute Gasteiger partial charge is 0.492 e. The van der Waals surface area contributed by atoms with Crippen LogP contribution in [0.4, 0.5) is 4.39 Å². The molecule has 29 heavy (non-hydrogen) atoms. The Balaban J connectivity index is 1.57. The Morgan fingerprint density at radius 3 is 2.66 bits per heavy atom. The summed E-state index contributed by atoms with van der Waals surface area (Å²) >= 11 is 1.09. The summed E-state index contributed by atoms with van der Waals surface area (Å²) in [4.78, 5) is 24.0. The minimum absolute atomic E-state index is 0.0408. The number of halogens is 1. The van der Waals surface area contributed by atoms with Gasteiger partial charge in [0.05, 0.1) is 12.4 Å². The minimum Gasteiger partial charge on any atom is -0.492 e. The highest BCUT2D eigenvalue weighted by atomic mass is 32.2. The molecule has 1 heterocycles. The lowest BCUT2D eigenvalue weighted by atomic mass is 10.2. The maximum Gasteiger partial charge on any atom is 0.269 e. The first-order valence-electron chi connectivity index (χ1n) is 8.56. The topological polar surface area (TPSA) is 111 Å². The molecule has 0 aliphatic carbocycles. The van der Waals surface area contributed by atoms with Crippen molar-refractivity contribution in [2.24, 2.45) is 0 Å². The summed E-state index contributed by atoms with van der Waals surface area (Å²) < 4.78 is 19.9. The highest BCUT2D eigenvalue weighted by Gasteiger charge is 2.15. The van der Waals surface area contributed by atoms with E-state index in [4.69, 9.17) is 4.74 Å². The van der Waals surface area contributed by atoms with Gasteiger partial charge in [-0.25, -0.2) is 4.39 Å². The third kappa shape index (κ3) is 5.29. The average Bonchev–Trinajstić information content (AvgIpc) is 3.20. The molecule has 11 heteroatoms. The van der Waals surface area contributed by atoms with Crippen LogP contribution in [0.25, 0.3) is 5.69 Å². The lowest BCUT2D eigenvalue weighted by Gasteiger charge is -2.10. The molecule has 3 aromatic rings. The van der Waals surface area contributed by atoms with E-state index in [1.54, 1.807) is 12.1 Å². The van der Waals surface area contributed by atoms with Crippen molar-refractivity contribution in [3.05, 3.63) is 59.9 Å². The lowest BCUT2D eigenvalue weighted by molar-refractivity contribution is -0.119.